The zero-order valence-electron chi connectivity index (χ0n) is 13.4. The third-order valence-electron chi connectivity index (χ3n) is 3.68. The molecule has 1 atom stereocenters. The first-order chi connectivity index (χ1) is 12.1. The first-order valence-electron chi connectivity index (χ1n) is 7.84. The van der Waals surface area contributed by atoms with E-state index in [-0.39, 0.29) is 18.1 Å². The van der Waals surface area contributed by atoms with Crippen LogP contribution in [-0.4, -0.2) is 28.8 Å². The molecule has 6 heteroatoms. The van der Waals surface area contributed by atoms with E-state index >= 15 is 0 Å². The fourth-order valence-electron chi connectivity index (χ4n) is 2.39. The van der Waals surface area contributed by atoms with Crippen LogP contribution in [-0.2, 0) is 6.42 Å². The summed E-state index contributed by atoms with van der Waals surface area (Å²) in [4.78, 5) is 12.1. The van der Waals surface area contributed by atoms with Crippen molar-refractivity contribution in [3.05, 3.63) is 77.7 Å². The van der Waals surface area contributed by atoms with Crippen LogP contribution in [0.15, 0.2) is 65.2 Å². The lowest BCUT2D eigenvalue weighted by Crippen LogP contribution is -2.33. The van der Waals surface area contributed by atoms with Crippen LogP contribution in [0.3, 0.4) is 0 Å². The lowest BCUT2D eigenvalue weighted by Gasteiger charge is -2.11. The minimum absolute atomic E-state index is 0.103. The highest BCUT2D eigenvalue weighted by molar-refractivity contribution is 5.93. The molecule has 0 fully saturated rings. The quantitative estimate of drug-likeness (QED) is 0.723. The van der Waals surface area contributed by atoms with Gasteiger partial charge in [-0.1, -0.05) is 35.5 Å². The molecule has 0 spiro atoms. The molecule has 0 bridgehead atoms. The van der Waals surface area contributed by atoms with Gasteiger partial charge in [-0.25, -0.2) is 4.39 Å². The predicted molar refractivity (Wildman–Crippen MR) is 90.4 cm³/mol. The van der Waals surface area contributed by atoms with Gasteiger partial charge in [0.15, 0.2) is 11.5 Å². The van der Waals surface area contributed by atoms with Gasteiger partial charge in [-0.3, -0.25) is 4.79 Å². The number of benzene rings is 2. The number of amides is 1. The Morgan fingerprint density at radius 1 is 1.16 bits per heavy atom. The highest BCUT2D eigenvalue weighted by Crippen LogP contribution is 2.20. The van der Waals surface area contributed by atoms with Crippen molar-refractivity contribution < 1.29 is 18.8 Å². The molecule has 128 valence electrons. The van der Waals surface area contributed by atoms with Crippen LogP contribution in [0.2, 0.25) is 0 Å². The lowest BCUT2D eigenvalue weighted by atomic mass is 10.1. The van der Waals surface area contributed by atoms with E-state index in [9.17, 15) is 14.3 Å². The number of aliphatic hydroxyl groups excluding tert-OH is 1. The third kappa shape index (κ3) is 4.51. The summed E-state index contributed by atoms with van der Waals surface area (Å²) in [7, 11) is 0. The SMILES string of the molecule is O=C(NC[C@H](O)Cc1ccccc1)c1cc(-c2ccc(F)cc2)on1. The van der Waals surface area contributed by atoms with Crippen molar-refractivity contribution in [3.63, 3.8) is 0 Å². The average molecular weight is 340 g/mol. The van der Waals surface area contributed by atoms with Crippen LogP contribution in [0.1, 0.15) is 16.1 Å². The molecule has 3 aromatic rings. The van der Waals surface area contributed by atoms with Crippen molar-refractivity contribution in [2.45, 2.75) is 12.5 Å². The van der Waals surface area contributed by atoms with Crippen molar-refractivity contribution in [2.24, 2.45) is 0 Å². The normalized spacial score (nSPS) is 11.9. The second kappa shape index (κ2) is 7.72. The van der Waals surface area contributed by atoms with Gasteiger partial charge in [0, 0.05) is 24.6 Å². The van der Waals surface area contributed by atoms with E-state index in [0.29, 0.717) is 17.7 Å². The predicted octanol–water partition coefficient (Wildman–Crippen LogP) is 2.81. The number of carbonyl (C=O) groups is 1. The summed E-state index contributed by atoms with van der Waals surface area (Å²) in [6, 6.07) is 16.7. The number of aromatic nitrogens is 1. The Bertz CT molecular complexity index is 831. The van der Waals surface area contributed by atoms with Gasteiger partial charge in [0.2, 0.25) is 0 Å². The molecule has 0 aliphatic carbocycles. The first kappa shape index (κ1) is 16.9. The van der Waals surface area contributed by atoms with Gasteiger partial charge in [-0.05, 0) is 29.8 Å². The van der Waals surface area contributed by atoms with Gasteiger partial charge in [-0.2, -0.15) is 0 Å². The van der Waals surface area contributed by atoms with Crippen molar-refractivity contribution in [3.8, 4) is 11.3 Å². The van der Waals surface area contributed by atoms with Gasteiger partial charge in [0.05, 0.1) is 6.10 Å². The van der Waals surface area contributed by atoms with E-state index in [1.165, 1.54) is 18.2 Å². The molecule has 3 rings (SSSR count). The van der Waals surface area contributed by atoms with Crippen molar-refractivity contribution in [2.75, 3.05) is 6.54 Å². The van der Waals surface area contributed by atoms with Gasteiger partial charge < -0.3 is 14.9 Å². The van der Waals surface area contributed by atoms with E-state index in [0.717, 1.165) is 5.56 Å². The van der Waals surface area contributed by atoms with Gasteiger partial charge in [0.25, 0.3) is 5.91 Å². The molecule has 1 heterocycles. The van der Waals surface area contributed by atoms with Crippen LogP contribution in [0.5, 0.6) is 0 Å². The Morgan fingerprint density at radius 3 is 2.60 bits per heavy atom. The number of nitrogens with zero attached hydrogens (tertiary/aromatic N) is 1. The second-order valence-corrected chi connectivity index (χ2v) is 5.64. The number of rotatable bonds is 6. The van der Waals surface area contributed by atoms with Crippen LogP contribution in [0, 0.1) is 5.82 Å². The minimum atomic E-state index is -0.699. The number of hydrogen-bond acceptors (Lipinski definition) is 4. The van der Waals surface area contributed by atoms with Crippen LogP contribution in [0.4, 0.5) is 4.39 Å². The lowest BCUT2D eigenvalue weighted by molar-refractivity contribution is 0.0907. The fraction of sp³-hybridized carbons (Fsp3) is 0.158. The molecule has 0 aliphatic rings. The maximum absolute atomic E-state index is 12.9. The first-order valence-corrected chi connectivity index (χ1v) is 7.84. The Labute approximate surface area is 144 Å². The summed E-state index contributed by atoms with van der Waals surface area (Å²) < 4.78 is 18.1. The topological polar surface area (TPSA) is 75.4 Å². The Morgan fingerprint density at radius 2 is 1.88 bits per heavy atom. The molecule has 0 radical (unpaired) electrons. The molecular weight excluding hydrogens is 323 g/mol. The van der Waals surface area contributed by atoms with E-state index in [4.69, 9.17) is 4.52 Å². The second-order valence-electron chi connectivity index (χ2n) is 5.64. The Kier molecular flexibility index (Phi) is 5.20. The number of halogens is 1. The summed E-state index contributed by atoms with van der Waals surface area (Å²) in [6.45, 7) is 0.104. The summed E-state index contributed by atoms with van der Waals surface area (Å²) >= 11 is 0. The molecule has 1 amide bonds. The molecular formula is C19H17FN2O3. The van der Waals surface area contributed by atoms with Gasteiger partial charge in [0.1, 0.15) is 5.82 Å². The largest absolute Gasteiger partial charge is 0.391 e. The summed E-state index contributed by atoms with van der Waals surface area (Å²) in [5, 5.41) is 16.3. The molecule has 5 nitrogen and oxygen atoms in total. The average Bonchev–Trinajstić information content (AvgIpc) is 3.11. The molecule has 2 N–H and O–H groups in total. The number of hydrogen-bond donors (Lipinski definition) is 2. The summed E-state index contributed by atoms with van der Waals surface area (Å²) in [6.07, 6.45) is -0.254. The highest BCUT2D eigenvalue weighted by atomic mass is 19.1. The molecule has 0 saturated carbocycles. The van der Waals surface area contributed by atoms with Gasteiger partial charge >= 0.3 is 0 Å². The number of aliphatic hydroxyl groups is 1. The molecule has 0 aliphatic heterocycles. The number of carbonyl (C=O) groups excluding carboxylic acids is 1. The third-order valence-corrected chi connectivity index (χ3v) is 3.68. The van der Waals surface area contributed by atoms with E-state index < -0.39 is 12.0 Å². The molecule has 25 heavy (non-hydrogen) atoms. The fourth-order valence-corrected chi connectivity index (χ4v) is 2.39. The Hall–Kier alpha value is -2.99. The summed E-state index contributed by atoms with van der Waals surface area (Å²) in [5.74, 6) is -0.423. The standard InChI is InChI=1S/C19H17FN2O3/c20-15-8-6-14(7-9-15)18-11-17(22-25-18)19(24)21-12-16(23)10-13-4-2-1-3-5-13/h1-9,11,16,23H,10,12H2,(H,21,24)/t16-/m1/s1. The zero-order chi connectivity index (χ0) is 17.6. The van der Waals surface area contributed by atoms with Crippen molar-refractivity contribution in [1.82, 2.24) is 10.5 Å². The van der Waals surface area contributed by atoms with Crippen molar-refractivity contribution >= 4 is 5.91 Å². The summed E-state index contributed by atoms with van der Waals surface area (Å²) in [5.41, 5.74) is 1.72. The van der Waals surface area contributed by atoms with Gasteiger partial charge in [-0.15, -0.1) is 0 Å². The van der Waals surface area contributed by atoms with Crippen LogP contribution in [0.25, 0.3) is 11.3 Å². The molecule has 1 aromatic heterocycles. The van der Waals surface area contributed by atoms with Crippen LogP contribution >= 0.6 is 0 Å². The molecule has 2 aromatic carbocycles. The van der Waals surface area contributed by atoms with Crippen molar-refractivity contribution in [1.29, 1.82) is 0 Å². The van der Waals surface area contributed by atoms with Crippen LogP contribution < -0.4 is 5.32 Å². The molecule has 0 saturated heterocycles. The highest BCUT2D eigenvalue weighted by Gasteiger charge is 2.15. The maximum Gasteiger partial charge on any atom is 0.273 e. The van der Waals surface area contributed by atoms with E-state index in [2.05, 4.69) is 10.5 Å². The molecule has 0 unspecified atom stereocenters. The van der Waals surface area contributed by atoms with E-state index in [1.54, 1.807) is 12.1 Å². The Balaban J connectivity index is 1.56. The maximum atomic E-state index is 12.9. The monoisotopic (exact) mass is 340 g/mol. The minimum Gasteiger partial charge on any atom is -0.391 e. The smallest absolute Gasteiger partial charge is 0.273 e. The zero-order valence-corrected chi connectivity index (χ0v) is 13.4. The number of nitrogens with one attached hydrogen (secondary N) is 1. The van der Waals surface area contributed by atoms with E-state index in [1.807, 2.05) is 30.3 Å².